The van der Waals surface area contributed by atoms with Crippen LogP contribution < -0.4 is 21.9 Å². The topological polar surface area (TPSA) is 93.6 Å². The van der Waals surface area contributed by atoms with Gasteiger partial charge in [0, 0.05) is 49.0 Å². The quantitative estimate of drug-likeness (QED) is 0.289. The molecule has 1 saturated heterocycles. The van der Waals surface area contributed by atoms with Crippen LogP contribution in [0, 0.1) is 18.6 Å². The maximum atomic E-state index is 14.7. The van der Waals surface area contributed by atoms with Crippen molar-refractivity contribution >= 4 is 23.1 Å². The summed E-state index contributed by atoms with van der Waals surface area (Å²) in [6.07, 6.45) is 0. The second-order valence-corrected chi connectivity index (χ2v) is 11.0. The van der Waals surface area contributed by atoms with Gasteiger partial charge in [-0.2, -0.15) is 0 Å². The Balaban J connectivity index is 1.47. The zero-order chi connectivity index (χ0) is 30.7. The Labute approximate surface area is 252 Å². The molecule has 1 fully saturated rings. The van der Waals surface area contributed by atoms with Crippen LogP contribution in [0.4, 0.5) is 14.5 Å². The lowest BCUT2D eigenvalue weighted by Crippen LogP contribution is -2.52. The lowest BCUT2D eigenvalue weighted by molar-refractivity contribution is 0.0926. The first-order chi connectivity index (χ1) is 20.7. The average Bonchev–Trinajstić information content (AvgIpc) is 3.00. The fourth-order valence-corrected chi connectivity index (χ4v) is 5.69. The number of piperazine rings is 1. The molecule has 0 saturated carbocycles. The van der Waals surface area contributed by atoms with Crippen LogP contribution in [-0.4, -0.2) is 52.5 Å². The first kappa shape index (κ1) is 30.3. The Morgan fingerprint density at radius 1 is 0.884 bits per heavy atom. The standard InChI is InChI=1S/C32H32ClF2N5O3/c1-21-30(38-16-14-37(15-17-38)20-29(41)23-10-5-6-11-25(23)33)31(42)40(19-28(36)22-8-3-2-4-9-22)32(43)39(21)18-24-26(34)12-7-13-27(24)35/h2-13,28H,14-20,36H2,1H3. The number of rotatable bonds is 9. The number of Topliss-reactive ketones (excluding diaryl/α,β-unsaturated/α-hetero) is 1. The van der Waals surface area contributed by atoms with Gasteiger partial charge in [0.15, 0.2) is 5.78 Å². The number of carbonyl (C=O) groups excluding carboxylic acids is 1. The maximum absolute atomic E-state index is 14.7. The van der Waals surface area contributed by atoms with E-state index in [0.29, 0.717) is 42.5 Å². The lowest BCUT2D eigenvalue weighted by atomic mass is 10.1. The predicted octanol–water partition coefficient (Wildman–Crippen LogP) is 4.00. The summed E-state index contributed by atoms with van der Waals surface area (Å²) in [6.45, 7) is 2.97. The zero-order valence-electron chi connectivity index (χ0n) is 23.7. The SMILES string of the molecule is Cc1c(N2CCN(CC(=O)c3ccccc3Cl)CC2)c(=O)n(CC(N)c2ccccc2)c(=O)n1Cc1c(F)cccc1F. The van der Waals surface area contributed by atoms with Gasteiger partial charge in [-0.15, -0.1) is 0 Å². The fraction of sp³-hybridized carbons (Fsp3) is 0.281. The Morgan fingerprint density at radius 2 is 1.51 bits per heavy atom. The molecule has 1 unspecified atom stereocenters. The van der Waals surface area contributed by atoms with Gasteiger partial charge in [-0.25, -0.2) is 13.6 Å². The van der Waals surface area contributed by atoms with Gasteiger partial charge in [0.1, 0.15) is 17.3 Å². The molecule has 1 atom stereocenters. The highest BCUT2D eigenvalue weighted by Crippen LogP contribution is 2.21. The first-order valence-corrected chi connectivity index (χ1v) is 14.4. The molecule has 3 aromatic carbocycles. The number of benzene rings is 3. The number of anilines is 1. The second-order valence-electron chi connectivity index (χ2n) is 10.6. The van der Waals surface area contributed by atoms with Crippen molar-refractivity contribution in [2.75, 3.05) is 37.6 Å². The van der Waals surface area contributed by atoms with Gasteiger partial charge in [0.2, 0.25) is 0 Å². The molecule has 11 heteroatoms. The van der Waals surface area contributed by atoms with Crippen molar-refractivity contribution < 1.29 is 13.6 Å². The third-order valence-corrected chi connectivity index (χ3v) is 8.20. The van der Waals surface area contributed by atoms with Crippen LogP contribution in [0.5, 0.6) is 0 Å². The largest absolute Gasteiger partial charge is 0.363 e. The highest BCUT2D eigenvalue weighted by atomic mass is 35.5. The van der Waals surface area contributed by atoms with E-state index in [-0.39, 0.29) is 30.1 Å². The van der Waals surface area contributed by atoms with Crippen molar-refractivity contribution in [2.45, 2.75) is 26.1 Å². The Morgan fingerprint density at radius 3 is 2.16 bits per heavy atom. The number of nitrogens with two attached hydrogens (primary N) is 1. The van der Waals surface area contributed by atoms with Gasteiger partial charge in [-0.3, -0.25) is 23.6 Å². The highest BCUT2D eigenvalue weighted by Gasteiger charge is 2.27. The summed E-state index contributed by atoms with van der Waals surface area (Å²) in [6, 6.07) is 18.8. The van der Waals surface area contributed by atoms with Gasteiger partial charge in [0.05, 0.1) is 24.7 Å². The van der Waals surface area contributed by atoms with Crippen LogP contribution in [0.25, 0.3) is 0 Å². The van der Waals surface area contributed by atoms with E-state index in [1.807, 2.05) is 28.0 Å². The summed E-state index contributed by atoms with van der Waals surface area (Å²) in [4.78, 5) is 44.3. The molecule has 0 bridgehead atoms. The first-order valence-electron chi connectivity index (χ1n) is 14.0. The Kier molecular flexibility index (Phi) is 9.19. The lowest BCUT2D eigenvalue weighted by Gasteiger charge is -2.36. The summed E-state index contributed by atoms with van der Waals surface area (Å²) in [7, 11) is 0. The van der Waals surface area contributed by atoms with E-state index in [9.17, 15) is 23.2 Å². The molecule has 4 aromatic rings. The van der Waals surface area contributed by atoms with Gasteiger partial charge >= 0.3 is 5.69 Å². The van der Waals surface area contributed by atoms with E-state index in [2.05, 4.69) is 0 Å². The van der Waals surface area contributed by atoms with Crippen LogP contribution in [0.2, 0.25) is 5.02 Å². The van der Waals surface area contributed by atoms with Gasteiger partial charge in [-0.1, -0.05) is 60.1 Å². The molecule has 2 heterocycles. The molecule has 0 aliphatic carbocycles. The van der Waals surface area contributed by atoms with E-state index < -0.39 is 35.5 Å². The molecule has 0 radical (unpaired) electrons. The van der Waals surface area contributed by atoms with Crippen LogP contribution in [0.3, 0.4) is 0 Å². The Bertz CT molecular complexity index is 1730. The van der Waals surface area contributed by atoms with E-state index >= 15 is 0 Å². The number of aromatic nitrogens is 2. The highest BCUT2D eigenvalue weighted by molar-refractivity contribution is 6.34. The smallest absolute Gasteiger partial charge is 0.331 e. The summed E-state index contributed by atoms with van der Waals surface area (Å²) in [5.74, 6) is -1.68. The normalized spacial score (nSPS) is 14.6. The van der Waals surface area contributed by atoms with E-state index in [1.165, 1.54) is 10.6 Å². The van der Waals surface area contributed by atoms with Gasteiger partial charge < -0.3 is 10.6 Å². The minimum absolute atomic E-state index is 0.104. The van der Waals surface area contributed by atoms with Crippen LogP contribution in [0.15, 0.2) is 82.4 Å². The molecule has 1 aromatic heterocycles. The van der Waals surface area contributed by atoms with E-state index in [1.54, 1.807) is 43.3 Å². The zero-order valence-corrected chi connectivity index (χ0v) is 24.4. The van der Waals surface area contributed by atoms with Crippen LogP contribution in [0.1, 0.15) is 33.2 Å². The van der Waals surface area contributed by atoms with Crippen molar-refractivity contribution in [1.29, 1.82) is 0 Å². The van der Waals surface area contributed by atoms with Crippen molar-refractivity contribution in [3.8, 4) is 0 Å². The average molecular weight is 608 g/mol. The molecule has 43 heavy (non-hydrogen) atoms. The molecule has 224 valence electrons. The Hall–Kier alpha value is -4.12. The van der Waals surface area contributed by atoms with Crippen molar-refractivity contribution in [3.63, 3.8) is 0 Å². The summed E-state index contributed by atoms with van der Waals surface area (Å²) >= 11 is 6.20. The van der Waals surface area contributed by atoms with Crippen LogP contribution in [-0.2, 0) is 13.1 Å². The molecule has 0 spiro atoms. The minimum atomic E-state index is -0.789. The molecule has 5 rings (SSSR count). The predicted molar refractivity (Wildman–Crippen MR) is 163 cm³/mol. The van der Waals surface area contributed by atoms with Gasteiger partial charge in [0.25, 0.3) is 5.56 Å². The van der Waals surface area contributed by atoms with E-state index in [0.717, 1.165) is 22.3 Å². The summed E-state index contributed by atoms with van der Waals surface area (Å²) in [5.41, 5.74) is 6.64. The second kappa shape index (κ2) is 13.0. The molecule has 1 aliphatic rings. The number of carbonyl (C=O) groups is 1. The molecular weight excluding hydrogens is 576 g/mol. The number of hydrogen-bond acceptors (Lipinski definition) is 6. The summed E-state index contributed by atoms with van der Waals surface area (Å²) < 4.78 is 31.6. The molecule has 0 amide bonds. The molecule has 2 N–H and O–H groups in total. The van der Waals surface area contributed by atoms with Crippen molar-refractivity contribution in [2.24, 2.45) is 5.73 Å². The monoisotopic (exact) mass is 607 g/mol. The van der Waals surface area contributed by atoms with E-state index in [4.69, 9.17) is 17.3 Å². The molecule has 8 nitrogen and oxygen atoms in total. The maximum Gasteiger partial charge on any atom is 0.331 e. The number of halogens is 3. The summed E-state index contributed by atoms with van der Waals surface area (Å²) in [5, 5.41) is 0.393. The fourth-order valence-electron chi connectivity index (χ4n) is 5.45. The van der Waals surface area contributed by atoms with Crippen LogP contribution >= 0.6 is 11.6 Å². The number of hydrogen-bond donors (Lipinski definition) is 1. The number of ketones is 1. The minimum Gasteiger partial charge on any atom is -0.363 e. The van der Waals surface area contributed by atoms with Crippen molar-refractivity contribution in [1.82, 2.24) is 14.0 Å². The molecular formula is C32H32ClF2N5O3. The molecule has 1 aliphatic heterocycles. The van der Waals surface area contributed by atoms with Crippen molar-refractivity contribution in [3.05, 3.63) is 133 Å². The third-order valence-electron chi connectivity index (χ3n) is 7.87. The van der Waals surface area contributed by atoms with Gasteiger partial charge in [-0.05, 0) is 36.8 Å². The number of nitrogens with zero attached hydrogens (tertiary/aromatic N) is 4. The third kappa shape index (κ3) is 6.46.